The van der Waals surface area contributed by atoms with E-state index in [1.165, 1.54) is 7.05 Å². The predicted molar refractivity (Wildman–Crippen MR) is 47.3 cm³/mol. The fraction of sp³-hybridized carbons (Fsp3) is 0.200. The maximum atomic E-state index is 10.4. The lowest BCUT2D eigenvalue weighted by Crippen LogP contribution is -1.99. The molecule has 0 spiro atoms. The number of hydrogen-bond acceptors (Lipinski definition) is 4. The summed E-state index contributed by atoms with van der Waals surface area (Å²) in [5.41, 5.74) is 0. The lowest BCUT2D eigenvalue weighted by molar-refractivity contribution is -0.392. The zero-order chi connectivity index (χ0) is 9.30. The van der Waals surface area contributed by atoms with Gasteiger partial charge in [0.1, 0.15) is 0 Å². The molecule has 7 heteroatoms. The smallest absolute Gasteiger partial charge is 0.357 e. The quantitative estimate of drug-likeness (QED) is 0.432. The van der Waals surface area contributed by atoms with E-state index < -0.39 is 4.92 Å². The molecule has 0 aliphatic heterocycles. The minimum absolute atomic E-state index is 0.0473. The third-order valence-corrected chi connectivity index (χ3v) is 2.02. The van der Waals surface area contributed by atoms with E-state index >= 15 is 0 Å². The second-order valence-electron chi connectivity index (χ2n) is 1.98. The van der Waals surface area contributed by atoms with Crippen molar-refractivity contribution in [1.82, 2.24) is 9.55 Å². The molecule has 1 rings (SSSR count). The number of hydrogen-bond donors (Lipinski definition) is 0. The highest BCUT2D eigenvalue weighted by Gasteiger charge is 2.22. The van der Waals surface area contributed by atoms with Gasteiger partial charge in [0, 0.05) is 0 Å². The Bertz CT molecular complexity index is 378. The third-order valence-electron chi connectivity index (χ3n) is 1.30. The summed E-state index contributed by atoms with van der Waals surface area (Å²) in [5.74, 6) is -0.0988. The minimum atomic E-state index is -0.560. The van der Waals surface area contributed by atoms with E-state index in [0.717, 1.165) is 4.57 Å². The Balaban J connectivity index is 3.40. The Morgan fingerprint density at radius 3 is 2.67 bits per heavy atom. The Morgan fingerprint density at radius 2 is 2.42 bits per heavy atom. The topological polar surface area (TPSA) is 84.8 Å². The van der Waals surface area contributed by atoms with Gasteiger partial charge in [0.2, 0.25) is 0 Å². The van der Waals surface area contributed by atoms with Gasteiger partial charge in [-0.1, -0.05) is 0 Å². The molecule has 0 aliphatic rings. The molecule has 0 aromatic carbocycles. The number of aromatic nitrogens is 2. The van der Waals surface area contributed by atoms with Crippen LogP contribution in [-0.2, 0) is 7.05 Å². The van der Waals surface area contributed by atoms with E-state index in [1.54, 1.807) is 28.7 Å². The molecule has 0 bridgehead atoms. The summed E-state index contributed by atoms with van der Waals surface area (Å²) >= 11 is 1.72. The molecule has 0 N–H and O–H groups in total. The van der Waals surface area contributed by atoms with E-state index in [0.29, 0.717) is 0 Å². The molecular formula is C5H3IN4O2. The summed E-state index contributed by atoms with van der Waals surface area (Å²) in [7, 11) is 1.44. The molecule has 0 radical (unpaired) electrons. The monoisotopic (exact) mass is 278 g/mol. The van der Waals surface area contributed by atoms with Crippen LogP contribution in [0.1, 0.15) is 5.82 Å². The van der Waals surface area contributed by atoms with Crippen molar-refractivity contribution in [3.8, 4) is 6.07 Å². The summed E-state index contributed by atoms with van der Waals surface area (Å²) in [6, 6.07) is 1.75. The molecule has 0 saturated heterocycles. The van der Waals surface area contributed by atoms with Gasteiger partial charge < -0.3 is 10.1 Å². The van der Waals surface area contributed by atoms with E-state index in [-0.39, 0.29) is 15.3 Å². The molecule has 12 heavy (non-hydrogen) atoms. The van der Waals surface area contributed by atoms with E-state index in [4.69, 9.17) is 5.26 Å². The fourth-order valence-corrected chi connectivity index (χ4v) is 1.54. The first-order valence-corrected chi connectivity index (χ1v) is 3.92. The van der Waals surface area contributed by atoms with Crippen molar-refractivity contribution in [2.75, 3.05) is 0 Å². The highest BCUT2D eigenvalue weighted by molar-refractivity contribution is 14.1. The van der Waals surface area contributed by atoms with Gasteiger partial charge in [-0.3, -0.25) is 0 Å². The standard InChI is InChI=1S/C5H3IN4O2/c1-9-3(2-7)8-4(6)5(9)10(11)12/h1H3. The van der Waals surface area contributed by atoms with Crippen molar-refractivity contribution in [2.45, 2.75) is 0 Å². The number of nitriles is 1. The van der Waals surface area contributed by atoms with Crippen LogP contribution in [0.4, 0.5) is 5.82 Å². The molecule has 1 aromatic rings. The zero-order valence-electron chi connectivity index (χ0n) is 5.98. The van der Waals surface area contributed by atoms with E-state index in [9.17, 15) is 10.1 Å². The first-order valence-electron chi connectivity index (χ1n) is 2.84. The number of rotatable bonds is 1. The highest BCUT2D eigenvalue weighted by Crippen LogP contribution is 2.19. The number of halogens is 1. The molecule has 0 amide bonds. The van der Waals surface area contributed by atoms with Crippen LogP contribution in [0.2, 0.25) is 0 Å². The summed E-state index contributed by atoms with van der Waals surface area (Å²) in [6.07, 6.45) is 0. The van der Waals surface area contributed by atoms with Gasteiger partial charge >= 0.3 is 11.6 Å². The Kier molecular flexibility index (Phi) is 2.27. The maximum Gasteiger partial charge on any atom is 0.357 e. The normalized spacial score (nSPS) is 9.42. The molecule has 62 valence electrons. The average Bonchev–Trinajstić information content (AvgIpc) is 2.25. The lowest BCUT2D eigenvalue weighted by atomic mass is 10.7. The average molecular weight is 278 g/mol. The van der Waals surface area contributed by atoms with E-state index in [2.05, 4.69) is 4.98 Å². The van der Waals surface area contributed by atoms with Crippen molar-refractivity contribution in [3.63, 3.8) is 0 Å². The van der Waals surface area contributed by atoms with Crippen LogP contribution in [-0.4, -0.2) is 14.5 Å². The maximum absolute atomic E-state index is 10.4. The summed E-state index contributed by atoms with van der Waals surface area (Å²) < 4.78 is 1.39. The lowest BCUT2D eigenvalue weighted by Gasteiger charge is -1.92. The third kappa shape index (κ3) is 1.25. The second-order valence-corrected chi connectivity index (χ2v) is 3.00. The SMILES string of the molecule is Cn1c(C#N)nc(I)c1[N+](=O)[O-]. The van der Waals surface area contributed by atoms with Gasteiger partial charge in [0.05, 0.1) is 7.05 Å². The molecule has 0 saturated carbocycles. The first-order chi connectivity index (χ1) is 5.57. The van der Waals surface area contributed by atoms with Gasteiger partial charge in [-0.25, -0.2) is 0 Å². The molecule has 1 aromatic heterocycles. The Morgan fingerprint density at radius 1 is 1.83 bits per heavy atom. The van der Waals surface area contributed by atoms with Crippen molar-refractivity contribution < 1.29 is 4.92 Å². The zero-order valence-corrected chi connectivity index (χ0v) is 8.14. The molecule has 0 atom stereocenters. The minimum Gasteiger partial charge on any atom is -0.358 e. The summed E-state index contributed by atoms with van der Waals surface area (Å²) in [6.45, 7) is 0. The van der Waals surface area contributed by atoms with Crippen LogP contribution in [0.3, 0.4) is 0 Å². The van der Waals surface area contributed by atoms with Crippen LogP contribution in [0.15, 0.2) is 0 Å². The summed E-state index contributed by atoms with van der Waals surface area (Å²) in [4.78, 5) is 13.5. The van der Waals surface area contributed by atoms with Crippen LogP contribution in [0, 0.1) is 25.1 Å². The number of nitro groups is 1. The molecule has 0 fully saturated rings. The Labute approximate surface area is 81.1 Å². The van der Waals surface area contributed by atoms with Crippen molar-refractivity contribution in [1.29, 1.82) is 5.26 Å². The number of imidazole rings is 1. The van der Waals surface area contributed by atoms with Gasteiger partial charge in [-0.05, 0) is 27.5 Å². The van der Waals surface area contributed by atoms with Crippen LogP contribution < -0.4 is 0 Å². The van der Waals surface area contributed by atoms with Crippen LogP contribution >= 0.6 is 22.6 Å². The van der Waals surface area contributed by atoms with Crippen LogP contribution in [0.5, 0.6) is 0 Å². The largest absolute Gasteiger partial charge is 0.358 e. The molecule has 1 heterocycles. The first kappa shape index (κ1) is 8.92. The van der Waals surface area contributed by atoms with Gasteiger partial charge in [-0.15, -0.1) is 0 Å². The van der Waals surface area contributed by atoms with Crippen LogP contribution in [0.25, 0.3) is 0 Å². The van der Waals surface area contributed by atoms with Crippen molar-refractivity contribution in [2.24, 2.45) is 7.05 Å². The second kappa shape index (κ2) is 3.06. The van der Waals surface area contributed by atoms with Crippen molar-refractivity contribution in [3.05, 3.63) is 19.6 Å². The van der Waals surface area contributed by atoms with Gasteiger partial charge in [0.15, 0.2) is 9.77 Å². The van der Waals surface area contributed by atoms with Crippen molar-refractivity contribution >= 4 is 28.4 Å². The fourth-order valence-electron chi connectivity index (χ4n) is 0.754. The molecule has 6 nitrogen and oxygen atoms in total. The number of nitrogens with zero attached hydrogens (tertiary/aromatic N) is 4. The van der Waals surface area contributed by atoms with Gasteiger partial charge in [-0.2, -0.15) is 14.8 Å². The van der Waals surface area contributed by atoms with Gasteiger partial charge in [0.25, 0.3) is 0 Å². The van der Waals surface area contributed by atoms with E-state index in [1.807, 2.05) is 0 Å². The molecule has 0 aliphatic carbocycles. The Hall–Kier alpha value is -1.17. The summed E-state index contributed by atoms with van der Waals surface area (Å²) in [5, 5.41) is 18.9. The molecular weight excluding hydrogens is 275 g/mol. The predicted octanol–water partition coefficient (Wildman–Crippen LogP) is 0.805. The molecule has 0 unspecified atom stereocenters. The highest BCUT2D eigenvalue weighted by atomic mass is 127.